The topological polar surface area (TPSA) is 71.3 Å². The fourth-order valence-corrected chi connectivity index (χ4v) is 3.66. The molecule has 4 rings (SSSR count). The van der Waals surface area contributed by atoms with Gasteiger partial charge in [0, 0.05) is 22.8 Å². The zero-order chi connectivity index (χ0) is 20.4. The summed E-state index contributed by atoms with van der Waals surface area (Å²) in [4.78, 5) is 19.3. The highest BCUT2D eigenvalue weighted by molar-refractivity contribution is 6.30. The third kappa shape index (κ3) is 4.27. The maximum absolute atomic E-state index is 13.0. The maximum Gasteiger partial charge on any atom is 0.322 e. The van der Waals surface area contributed by atoms with Crippen molar-refractivity contribution >= 4 is 23.3 Å². The molecule has 2 amide bonds. The van der Waals surface area contributed by atoms with Crippen LogP contribution in [0.4, 0.5) is 10.5 Å². The van der Waals surface area contributed by atoms with E-state index in [0.29, 0.717) is 23.3 Å². The number of urea groups is 1. The number of piperidine rings is 1. The summed E-state index contributed by atoms with van der Waals surface area (Å²) in [7, 11) is 0. The number of aromatic nitrogens is 2. The smallest absolute Gasteiger partial charge is 0.322 e. The molecule has 1 atom stereocenters. The van der Waals surface area contributed by atoms with Crippen LogP contribution in [0.2, 0.25) is 5.02 Å². The highest BCUT2D eigenvalue weighted by atomic mass is 35.5. The molecular formula is C22H23ClN4O2. The third-order valence-corrected chi connectivity index (χ3v) is 5.60. The number of hydrogen-bond donors (Lipinski definition) is 1. The Morgan fingerprint density at radius 3 is 2.69 bits per heavy atom. The van der Waals surface area contributed by atoms with Crippen LogP contribution >= 0.6 is 11.6 Å². The molecule has 0 saturated carbocycles. The number of hydrogen-bond acceptors (Lipinski definition) is 4. The molecule has 1 aliphatic heterocycles. The molecule has 0 aliphatic carbocycles. The first kappa shape index (κ1) is 19.5. The standard InChI is InChI=1S/C22H23ClN4O2/c1-14-6-11-18(13-15(14)2)24-22(28)27-12-4-3-5-19(27)21-25-20(26-29-21)16-7-9-17(23)10-8-16/h6-11,13,19H,3-5,12H2,1-2H3,(H,24,28). The minimum atomic E-state index is -0.233. The van der Waals surface area contributed by atoms with Crippen LogP contribution in [0.25, 0.3) is 11.4 Å². The lowest BCUT2D eigenvalue weighted by atomic mass is 10.0. The van der Waals surface area contributed by atoms with Crippen molar-refractivity contribution in [3.05, 3.63) is 64.5 Å². The van der Waals surface area contributed by atoms with E-state index >= 15 is 0 Å². The van der Waals surface area contributed by atoms with Crippen LogP contribution in [0.15, 0.2) is 47.0 Å². The van der Waals surface area contributed by atoms with E-state index in [-0.39, 0.29) is 12.1 Å². The first-order valence-electron chi connectivity index (χ1n) is 9.75. The number of amides is 2. The van der Waals surface area contributed by atoms with Crippen LogP contribution in [-0.4, -0.2) is 27.6 Å². The van der Waals surface area contributed by atoms with Gasteiger partial charge in [-0.2, -0.15) is 4.98 Å². The Morgan fingerprint density at radius 1 is 1.14 bits per heavy atom. The van der Waals surface area contributed by atoms with Gasteiger partial charge in [0.1, 0.15) is 6.04 Å². The highest BCUT2D eigenvalue weighted by Crippen LogP contribution is 2.32. The minimum Gasteiger partial charge on any atom is -0.337 e. The number of likely N-dealkylation sites (tertiary alicyclic amines) is 1. The van der Waals surface area contributed by atoms with E-state index in [0.717, 1.165) is 36.1 Å². The van der Waals surface area contributed by atoms with E-state index in [1.54, 1.807) is 17.0 Å². The third-order valence-electron chi connectivity index (χ3n) is 5.35. The Labute approximate surface area is 174 Å². The van der Waals surface area contributed by atoms with Crippen molar-refractivity contribution in [1.29, 1.82) is 0 Å². The van der Waals surface area contributed by atoms with Crippen LogP contribution in [0, 0.1) is 13.8 Å². The van der Waals surface area contributed by atoms with Gasteiger partial charge in [-0.25, -0.2) is 4.79 Å². The second-order valence-electron chi connectivity index (χ2n) is 7.40. The predicted molar refractivity (Wildman–Crippen MR) is 113 cm³/mol. The molecule has 6 nitrogen and oxygen atoms in total. The number of carbonyl (C=O) groups is 1. The van der Waals surface area contributed by atoms with Gasteiger partial charge in [0.05, 0.1) is 0 Å². The Morgan fingerprint density at radius 2 is 1.93 bits per heavy atom. The highest BCUT2D eigenvalue weighted by Gasteiger charge is 2.32. The number of rotatable bonds is 3. The molecule has 2 aromatic carbocycles. The van der Waals surface area contributed by atoms with E-state index in [2.05, 4.69) is 22.4 Å². The summed E-state index contributed by atoms with van der Waals surface area (Å²) in [6.07, 6.45) is 2.76. The van der Waals surface area contributed by atoms with Crippen molar-refractivity contribution in [2.45, 2.75) is 39.2 Å². The summed E-state index contributed by atoms with van der Waals surface area (Å²) in [5.74, 6) is 0.960. The van der Waals surface area contributed by atoms with Gasteiger partial charge in [-0.3, -0.25) is 0 Å². The molecular weight excluding hydrogens is 388 g/mol. The number of carbonyl (C=O) groups excluding carboxylic acids is 1. The van der Waals surface area contributed by atoms with Gasteiger partial charge in [0.2, 0.25) is 11.7 Å². The predicted octanol–water partition coefficient (Wildman–Crippen LogP) is 5.77. The minimum absolute atomic E-state index is 0.149. The summed E-state index contributed by atoms with van der Waals surface area (Å²) >= 11 is 5.95. The monoisotopic (exact) mass is 410 g/mol. The Bertz CT molecular complexity index is 1020. The number of anilines is 1. The van der Waals surface area contributed by atoms with E-state index in [4.69, 9.17) is 16.1 Å². The number of nitrogens with one attached hydrogen (secondary N) is 1. The van der Waals surface area contributed by atoms with Crippen molar-refractivity contribution in [3.8, 4) is 11.4 Å². The normalized spacial score (nSPS) is 16.7. The van der Waals surface area contributed by atoms with Gasteiger partial charge < -0.3 is 14.7 Å². The molecule has 29 heavy (non-hydrogen) atoms. The molecule has 0 bridgehead atoms. The lowest BCUT2D eigenvalue weighted by Gasteiger charge is -2.33. The quantitative estimate of drug-likeness (QED) is 0.595. The van der Waals surface area contributed by atoms with Gasteiger partial charge in [0.15, 0.2) is 0 Å². The van der Waals surface area contributed by atoms with Crippen molar-refractivity contribution in [1.82, 2.24) is 15.0 Å². The summed E-state index contributed by atoms with van der Waals surface area (Å²) in [5, 5.41) is 7.76. The summed E-state index contributed by atoms with van der Waals surface area (Å²) in [5.41, 5.74) is 3.95. The Balaban J connectivity index is 1.53. The van der Waals surface area contributed by atoms with Gasteiger partial charge in [-0.05, 0) is 80.6 Å². The summed E-state index contributed by atoms with van der Waals surface area (Å²) < 4.78 is 5.54. The molecule has 1 fully saturated rings. The number of aryl methyl sites for hydroxylation is 2. The van der Waals surface area contributed by atoms with Crippen molar-refractivity contribution in [2.24, 2.45) is 0 Å². The summed E-state index contributed by atoms with van der Waals surface area (Å²) in [6, 6.07) is 12.8. The molecule has 1 aliphatic rings. The van der Waals surface area contributed by atoms with Gasteiger partial charge >= 0.3 is 6.03 Å². The molecule has 1 unspecified atom stereocenters. The van der Waals surface area contributed by atoms with E-state index in [1.807, 2.05) is 37.3 Å². The van der Waals surface area contributed by atoms with Crippen LogP contribution in [0.5, 0.6) is 0 Å². The van der Waals surface area contributed by atoms with E-state index in [9.17, 15) is 4.79 Å². The van der Waals surface area contributed by atoms with Gasteiger partial charge in [0.25, 0.3) is 0 Å². The second kappa shape index (κ2) is 8.25. The zero-order valence-electron chi connectivity index (χ0n) is 16.5. The first-order valence-corrected chi connectivity index (χ1v) is 10.1. The molecule has 1 saturated heterocycles. The Hall–Kier alpha value is -2.86. The van der Waals surface area contributed by atoms with Crippen LogP contribution < -0.4 is 5.32 Å². The fraction of sp³-hybridized carbons (Fsp3) is 0.318. The average Bonchev–Trinajstić information content (AvgIpc) is 3.21. The molecule has 0 spiro atoms. The molecule has 1 aromatic heterocycles. The van der Waals surface area contributed by atoms with Crippen molar-refractivity contribution in [3.63, 3.8) is 0 Å². The zero-order valence-corrected chi connectivity index (χ0v) is 17.2. The lowest BCUT2D eigenvalue weighted by Crippen LogP contribution is -2.41. The van der Waals surface area contributed by atoms with Crippen molar-refractivity contribution < 1.29 is 9.32 Å². The summed E-state index contributed by atoms with van der Waals surface area (Å²) in [6.45, 7) is 4.74. The molecule has 2 heterocycles. The van der Waals surface area contributed by atoms with Gasteiger partial charge in [-0.15, -0.1) is 0 Å². The number of nitrogens with zero attached hydrogens (tertiary/aromatic N) is 3. The van der Waals surface area contributed by atoms with Crippen molar-refractivity contribution in [2.75, 3.05) is 11.9 Å². The van der Waals surface area contributed by atoms with Crippen LogP contribution in [-0.2, 0) is 0 Å². The van der Waals surface area contributed by atoms with E-state index < -0.39 is 0 Å². The second-order valence-corrected chi connectivity index (χ2v) is 7.83. The average molecular weight is 411 g/mol. The first-order chi connectivity index (χ1) is 14.0. The molecule has 1 N–H and O–H groups in total. The lowest BCUT2D eigenvalue weighted by molar-refractivity contribution is 0.142. The van der Waals surface area contributed by atoms with E-state index in [1.165, 1.54) is 5.56 Å². The molecule has 150 valence electrons. The van der Waals surface area contributed by atoms with Gasteiger partial charge in [-0.1, -0.05) is 22.8 Å². The SMILES string of the molecule is Cc1ccc(NC(=O)N2CCCCC2c2nc(-c3ccc(Cl)cc3)no2)cc1C. The fourth-order valence-electron chi connectivity index (χ4n) is 3.53. The molecule has 7 heteroatoms. The van der Waals surface area contributed by atoms with Crippen LogP contribution in [0.3, 0.4) is 0 Å². The number of benzene rings is 2. The molecule has 3 aromatic rings. The number of halogens is 1. The molecule has 0 radical (unpaired) electrons. The maximum atomic E-state index is 13.0. The van der Waals surface area contributed by atoms with Crippen LogP contribution in [0.1, 0.15) is 42.3 Å². The Kier molecular flexibility index (Phi) is 5.53. The largest absolute Gasteiger partial charge is 0.337 e.